The summed E-state index contributed by atoms with van der Waals surface area (Å²) in [5.74, 6) is 0.755. The van der Waals surface area contributed by atoms with Gasteiger partial charge in [-0.1, -0.05) is 6.42 Å². The Balaban J connectivity index is 2.50. The van der Waals surface area contributed by atoms with E-state index in [1.165, 1.54) is 18.9 Å². The van der Waals surface area contributed by atoms with E-state index in [1.54, 1.807) is 0 Å². The quantitative estimate of drug-likeness (QED) is 0.526. The van der Waals surface area contributed by atoms with Crippen LogP contribution in [0.3, 0.4) is 0 Å². The average Bonchev–Trinajstić information content (AvgIpc) is 2.33. The van der Waals surface area contributed by atoms with Crippen molar-refractivity contribution < 1.29 is 0 Å². The van der Waals surface area contributed by atoms with E-state index < -0.39 is 0 Å². The molecular weight excluding hydrogens is 112 g/mol. The van der Waals surface area contributed by atoms with Crippen LogP contribution in [0.15, 0.2) is 0 Å². The molecule has 1 saturated carbocycles. The standard InChI is InChI=1S/C7H12N2/c8-4-6-2-1-3-7(6)5-9/h4-9H,1-3H2. The Kier molecular flexibility index (Phi) is 1.98. The highest BCUT2D eigenvalue weighted by molar-refractivity contribution is 5.68. The molecule has 2 nitrogen and oxygen atoms in total. The van der Waals surface area contributed by atoms with Gasteiger partial charge in [-0.2, -0.15) is 0 Å². The first kappa shape index (κ1) is 6.46. The number of hydrogen-bond acceptors (Lipinski definition) is 2. The lowest BCUT2D eigenvalue weighted by molar-refractivity contribution is 0.642. The molecule has 1 aliphatic carbocycles. The SMILES string of the molecule is N=CC1CCCC1C=N. The fourth-order valence-electron chi connectivity index (χ4n) is 1.43. The van der Waals surface area contributed by atoms with E-state index in [4.69, 9.17) is 10.8 Å². The monoisotopic (exact) mass is 124 g/mol. The summed E-state index contributed by atoms with van der Waals surface area (Å²) in [5.41, 5.74) is 0. The van der Waals surface area contributed by atoms with Crippen molar-refractivity contribution in [2.45, 2.75) is 19.3 Å². The van der Waals surface area contributed by atoms with Crippen molar-refractivity contribution in [2.24, 2.45) is 11.8 Å². The van der Waals surface area contributed by atoms with E-state index in [0.717, 1.165) is 12.8 Å². The highest BCUT2D eigenvalue weighted by atomic mass is 14.4. The molecule has 2 atom stereocenters. The molecule has 0 amide bonds. The van der Waals surface area contributed by atoms with Crippen LogP contribution in [0.4, 0.5) is 0 Å². The number of nitrogens with one attached hydrogen (secondary N) is 2. The van der Waals surface area contributed by atoms with Gasteiger partial charge in [0.1, 0.15) is 0 Å². The number of rotatable bonds is 2. The van der Waals surface area contributed by atoms with Crippen molar-refractivity contribution >= 4 is 12.4 Å². The van der Waals surface area contributed by atoms with Crippen molar-refractivity contribution in [3.05, 3.63) is 0 Å². The molecule has 2 heteroatoms. The normalized spacial score (nSPS) is 34.2. The Morgan fingerprint density at radius 1 is 1.00 bits per heavy atom. The first-order valence-corrected chi connectivity index (χ1v) is 3.39. The summed E-state index contributed by atoms with van der Waals surface area (Å²) >= 11 is 0. The van der Waals surface area contributed by atoms with E-state index in [-0.39, 0.29) is 0 Å². The van der Waals surface area contributed by atoms with E-state index in [1.807, 2.05) is 0 Å². The van der Waals surface area contributed by atoms with Gasteiger partial charge >= 0.3 is 0 Å². The molecule has 0 aromatic carbocycles. The van der Waals surface area contributed by atoms with Crippen LogP contribution in [0.2, 0.25) is 0 Å². The second-order valence-electron chi connectivity index (χ2n) is 2.59. The largest absolute Gasteiger partial charge is 0.313 e. The molecule has 1 fully saturated rings. The molecule has 50 valence electrons. The van der Waals surface area contributed by atoms with Crippen LogP contribution >= 0.6 is 0 Å². The summed E-state index contributed by atoms with van der Waals surface area (Å²) in [5, 5.41) is 14.0. The fraction of sp³-hybridized carbons (Fsp3) is 0.714. The van der Waals surface area contributed by atoms with Crippen molar-refractivity contribution in [1.29, 1.82) is 10.8 Å². The van der Waals surface area contributed by atoms with Crippen molar-refractivity contribution in [3.8, 4) is 0 Å². The first-order valence-electron chi connectivity index (χ1n) is 3.39. The van der Waals surface area contributed by atoms with Gasteiger partial charge in [-0.3, -0.25) is 0 Å². The van der Waals surface area contributed by atoms with Gasteiger partial charge in [0.15, 0.2) is 0 Å². The van der Waals surface area contributed by atoms with Gasteiger partial charge in [-0.05, 0) is 25.3 Å². The van der Waals surface area contributed by atoms with E-state index in [2.05, 4.69) is 0 Å². The lowest BCUT2D eigenvalue weighted by atomic mass is 9.99. The highest BCUT2D eigenvalue weighted by Gasteiger charge is 2.22. The molecule has 2 unspecified atom stereocenters. The van der Waals surface area contributed by atoms with Crippen molar-refractivity contribution in [1.82, 2.24) is 0 Å². The van der Waals surface area contributed by atoms with Gasteiger partial charge in [0.25, 0.3) is 0 Å². The zero-order valence-corrected chi connectivity index (χ0v) is 5.43. The van der Waals surface area contributed by atoms with Crippen LogP contribution in [0.1, 0.15) is 19.3 Å². The van der Waals surface area contributed by atoms with E-state index in [9.17, 15) is 0 Å². The molecular formula is C7H12N2. The summed E-state index contributed by atoms with van der Waals surface area (Å²) in [6.07, 6.45) is 6.40. The van der Waals surface area contributed by atoms with Gasteiger partial charge in [0, 0.05) is 11.8 Å². The summed E-state index contributed by atoms with van der Waals surface area (Å²) in [4.78, 5) is 0. The zero-order valence-electron chi connectivity index (χ0n) is 5.43. The van der Waals surface area contributed by atoms with Crippen LogP contribution < -0.4 is 0 Å². The predicted octanol–water partition coefficient (Wildman–Crippen LogP) is 1.70. The first-order chi connectivity index (χ1) is 4.38. The lowest BCUT2D eigenvalue weighted by Gasteiger charge is -2.06. The van der Waals surface area contributed by atoms with Crippen molar-refractivity contribution in [2.75, 3.05) is 0 Å². The van der Waals surface area contributed by atoms with Gasteiger partial charge in [0.05, 0.1) is 0 Å². The van der Waals surface area contributed by atoms with Crippen LogP contribution in [-0.4, -0.2) is 12.4 Å². The Hall–Kier alpha value is -0.660. The third kappa shape index (κ3) is 1.18. The molecule has 0 heterocycles. The average molecular weight is 124 g/mol. The smallest absolute Gasteiger partial charge is 0.00127 e. The topological polar surface area (TPSA) is 47.7 Å². The second kappa shape index (κ2) is 2.76. The second-order valence-corrected chi connectivity index (χ2v) is 2.59. The molecule has 0 radical (unpaired) electrons. The molecule has 1 rings (SSSR count). The Morgan fingerprint density at radius 2 is 1.44 bits per heavy atom. The minimum absolute atomic E-state index is 0.377. The van der Waals surface area contributed by atoms with Gasteiger partial charge in [0.2, 0.25) is 0 Å². The Labute approximate surface area is 55.3 Å². The molecule has 0 aromatic heterocycles. The fourth-order valence-corrected chi connectivity index (χ4v) is 1.43. The summed E-state index contributed by atoms with van der Waals surface area (Å²) < 4.78 is 0. The zero-order chi connectivity index (χ0) is 6.69. The lowest BCUT2D eigenvalue weighted by Crippen LogP contribution is -2.08. The van der Waals surface area contributed by atoms with E-state index >= 15 is 0 Å². The van der Waals surface area contributed by atoms with Crippen LogP contribution in [-0.2, 0) is 0 Å². The Morgan fingerprint density at radius 3 is 1.78 bits per heavy atom. The minimum Gasteiger partial charge on any atom is -0.313 e. The maximum absolute atomic E-state index is 7.01. The van der Waals surface area contributed by atoms with Crippen LogP contribution in [0, 0.1) is 22.7 Å². The number of hydrogen-bond donors (Lipinski definition) is 2. The highest BCUT2D eigenvalue weighted by Crippen LogP contribution is 2.28. The third-order valence-electron chi connectivity index (χ3n) is 2.05. The molecule has 0 saturated heterocycles. The molecule has 9 heavy (non-hydrogen) atoms. The summed E-state index contributed by atoms with van der Waals surface area (Å²) in [6, 6.07) is 0. The van der Waals surface area contributed by atoms with E-state index in [0.29, 0.717) is 11.8 Å². The molecule has 0 aliphatic heterocycles. The maximum atomic E-state index is 7.01. The maximum Gasteiger partial charge on any atom is 0.00127 e. The van der Waals surface area contributed by atoms with Crippen LogP contribution in [0.5, 0.6) is 0 Å². The molecule has 0 aromatic rings. The molecule has 2 N–H and O–H groups in total. The van der Waals surface area contributed by atoms with Crippen molar-refractivity contribution in [3.63, 3.8) is 0 Å². The molecule has 1 aliphatic rings. The summed E-state index contributed by atoms with van der Waals surface area (Å²) in [6.45, 7) is 0. The Bertz CT molecular complexity index is 106. The van der Waals surface area contributed by atoms with Gasteiger partial charge in [-0.25, -0.2) is 0 Å². The van der Waals surface area contributed by atoms with Crippen LogP contribution in [0.25, 0.3) is 0 Å². The third-order valence-corrected chi connectivity index (χ3v) is 2.05. The molecule has 0 bridgehead atoms. The minimum atomic E-state index is 0.377. The molecule has 0 spiro atoms. The predicted molar refractivity (Wildman–Crippen MR) is 38.4 cm³/mol. The summed E-state index contributed by atoms with van der Waals surface area (Å²) in [7, 11) is 0. The van der Waals surface area contributed by atoms with Gasteiger partial charge in [-0.15, -0.1) is 0 Å². The van der Waals surface area contributed by atoms with Gasteiger partial charge < -0.3 is 10.8 Å².